The van der Waals surface area contributed by atoms with Gasteiger partial charge >= 0.3 is 0 Å². The number of aromatic amines is 1. The quantitative estimate of drug-likeness (QED) is 0.880. The van der Waals surface area contributed by atoms with Gasteiger partial charge in [0.15, 0.2) is 5.82 Å². The third-order valence-electron chi connectivity index (χ3n) is 6.28. The van der Waals surface area contributed by atoms with E-state index in [-0.39, 0.29) is 0 Å². The standard InChI is InChI=1S/C22H34N6/c1-17(2)26-12-8-19(9-13-26)27-10-5-11-28(15-14-27)21-7-4-6-20(25-21)22-23-16-18(3)24-22/h4,6-7,16-17,19H,5,8-15H2,1-3H3,(H,23,24). The second kappa shape index (κ2) is 8.62. The van der Waals surface area contributed by atoms with Gasteiger partial charge in [0.05, 0.1) is 5.69 Å². The Balaban J connectivity index is 1.38. The average molecular weight is 383 g/mol. The number of hydrogen-bond donors (Lipinski definition) is 1. The fourth-order valence-electron chi connectivity index (χ4n) is 4.58. The second-order valence-electron chi connectivity index (χ2n) is 8.51. The van der Waals surface area contributed by atoms with Gasteiger partial charge in [-0.25, -0.2) is 9.97 Å². The smallest absolute Gasteiger partial charge is 0.156 e. The van der Waals surface area contributed by atoms with Crippen molar-refractivity contribution in [2.45, 2.75) is 52.1 Å². The molecule has 0 spiro atoms. The van der Waals surface area contributed by atoms with Crippen molar-refractivity contribution in [1.82, 2.24) is 24.8 Å². The van der Waals surface area contributed by atoms with Crippen molar-refractivity contribution in [3.8, 4) is 11.5 Å². The van der Waals surface area contributed by atoms with E-state index in [0.717, 1.165) is 48.7 Å². The molecule has 6 heteroatoms. The molecule has 4 rings (SSSR count). The van der Waals surface area contributed by atoms with Crippen LogP contribution in [0, 0.1) is 6.92 Å². The van der Waals surface area contributed by atoms with E-state index in [2.05, 4.69) is 50.6 Å². The highest BCUT2D eigenvalue weighted by molar-refractivity contribution is 5.54. The van der Waals surface area contributed by atoms with Crippen molar-refractivity contribution in [1.29, 1.82) is 0 Å². The predicted molar refractivity (Wildman–Crippen MR) is 115 cm³/mol. The topological polar surface area (TPSA) is 51.3 Å². The number of likely N-dealkylation sites (tertiary alicyclic amines) is 1. The number of aromatic nitrogens is 3. The highest BCUT2D eigenvalue weighted by atomic mass is 15.3. The number of imidazole rings is 1. The maximum atomic E-state index is 4.90. The van der Waals surface area contributed by atoms with E-state index >= 15 is 0 Å². The maximum Gasteiger partial charge on any atom is 0.156 e. The summed E-state index contributed by atoms with van der Waals surface area (Å²) in [4.78, 5) is 20.4. The van der Waals surface area contributed by atoms with Gasteiger partial charge in [0.2, 0.25) is 0 Å². The summed E-state index contributed by atoms with van der Waals surface area (Å²) in [5.74, 6) is 1.93. The Hall–Kier alpha value is -1.92. The van der Waals surface area contributed by atoms with Gasteiger partial charge in [-0.2, -0.15) is 0 Å². The Morgan fingerprint density at radius 3 is 2.54 bits per heavy atom. The zero-order chi connectivity index (χ0) is 19.5. The van der Waals surface area contributed by atoms with Crippen LogP contribution in [0.3, 0.4) is 0 Å². The van der Waals surface area contributed by atoms with Crippen molar-refractivity contribution in [3.05, 3.63) is 30.1 Å². The van der Waals surface area contributed by atoms with Crippen LogP contribution in [0.4, 0.5) is 5.82 Å². The van der Waals surface area contributed by atoms with Crippen molar-refractivity contribution >= 4 is 5.82 Å². The predicted octanol–water partition coefficient (Wildman–Crippen LogP) is 3.17. The van der Waals surface area contributed by atoms with E-state index in [1.54, 1.807) is 0 Å². The lowest BCUT2D eigenvalue weighted by Crippen LogP contribution is -2.47. The highest BCUT2D eigenvalue weighted by Crippen LogP contribution is 2.23. The van der Waals surface area contributed by atoms with Crippen LogP contribution < -0.4 is 4.90 Å². The number of nitrogens with zero attached hydrogens (tertiary/aromatic N) is 5. The number of hydrogen-bond acceptors (Lipinski definition) is 5. The molecule has 6 nitrogen and oxygen atoms in total. The van der Waals surface area contributed by atoms with Crippen LogP contribution in [-0.2, 0) is 0 Å². The Bertz CT molecular complexity index is 762. The molecule has 152 valence electrons. The van der Waals surface area contributed by atoms with Crippen LogP contribution in [0.25, 0.3) is 11.5 Å². The molecule has 1 N–H and O–H groups in total. The molecule has 4 heterocycles. The summed E-state index contributed by atoms with van der Waals surface area (Å²) < 4.78 is 0. The number of aryl methyl sites for hydroxylation is 1. The fourth-order valence-corrected chi connectivity index (χ4v) is 4.58. The molecule has 0 bridgehead atoms. The number of rotatable bonds is 4. The summed E-state index contributed by atoms with van der Waals surface area (Å²) in [7, 11) is 0. The summed E-state index contributed by atoms with van der Waals surface area (Å²) >= 11 is 0. The van der Waals surface area contributed by atoms with Crippen LogP contribution >= 0.6 is 0 Å². The highest BCUT2D eigenvalue weighted by Gasteiger charge is 2.27. The van der Waals surface area contributed by atoms with Crippen LogP contribution in [0.1, 0.15) is 38.8 Å². The van der Waals surface area contributed by atoms with Gasteiger partial charge in [0.1, 0.15) is 11.5 Å². The van der Waals surface area contributed by atoms with Crippen LogP contribution in [0.2, 0.25) is 0 Å². The van der Waals surface area contributed by atoms with Crippen LogP contribution in [-0.4, -0.2) is 76.1 Å². The van der Waals surface area contributed by atoms with E-state index in [9.17, 15) is 0 Å². The number of anilines is 1. The number of nitrogens with one attached hydrogen (secondary N) is 1. The summed E-state index contributed by atoms with van der Waals surface area (Å²) in [5.41, 5.74) is 1.92. The first kappa shape index (κ1) is 19.4. The zero-order valence-corrected chi connectivity index (χ0v) is 17.6. The largest absolute Gasteiger partial charge is 0.355 e. The molecule has 0 aliphatic carbocycles. The first-order valence-electron chi connectivity index (χ1n) is 10.8. The van der Waals surface area contributed by atoms with E-state index in [4.69, 9.17) is 4.98 Å². The molecule has 0 unspecified atom stereocenters. The van der Waals surface area contributed by atoms with E-state index in [1.807, 2.05) is 19.2 Å². The fraction of sp³-hybridized carbons (Fsp3) is 0.636. The Morgan fingerprint density at radius 1 is 1.00 bits per heavy atom. The van der Waals surface area contributed by atoms with Gasteiger partial charge in [-0.1, -0.05) is 6.07 Å². The molecule has 0 atom stereocenters. The first-order valence-corrected chi connectivity index (χ1v) is 10.8. The zero-order valence-electron chi connectivity index (χ0n) is 17.6. The number of pyridine rings is 1. The molecule has 0 saturated carbocycles. The lowest BCUT2D eigenvalue weighted by atomic mass is 10.0. The Labute approximate surface area is 169 Å². The van der Waals surface area contributed by atoms with E-state index in [0.29, 0.717) is 6.04 Å². The number of piperidine rings is 1. The molecule has 2 saturated heterocycles. The molecule has 2 aromatic rings. The molecule has 2 aliphatic rings. The van der Waals surface area contributed by atoms with Gasteiger partial charge in [-0.3, -0.25) is 4.90 Å². The van der Waals surface area contributed by atoms with E-state index < -0.39 is 0 Å². The minimum atomic E-state index is 0.678. The SMILES string of the molecule is Cc1c[nH]c(-c2cccc(N3CCCN(C4CCN(C(C)C)CC4)CC3)n2)n1. The Kier molecular flexibility index (Phi) is 5.97. The monoisotopic (exact) mass is 382 g/mol. The first-order chi connectivity index (χ1) is 13.6. The lowest BCUT2D eigenvalue weighted by Gasteiger charge is -2.39. The molecule has 0 amide bonds. The van der Waals surface area contributed by atoms with Gasteiger partial charge in [0, 0.05) is 44.5 Å². The number of H-pyrrole nitrogens is 1. The van der Waals surface area contributed by atoms with Crippen molar-refractivity contribution in [2.75, 3.05) is 44.2 Å². The normalized spacial score (nSPS) is 20.6. The second-order valence-corrected chi connectivity index (χ2v) is 8.51. The molecule has 2 aromatic heterocycles. The summed E-state index contributed by atoms with van der Waals surface area (Å²) in [6.07, 6.45) is 5.75. The van der Waals surface area contributed by atoms with Crippen molar-refractivity contribution < 1.29 is 0 Å². The van der Waals surface area contributed by atoms with Gasteiger partial charge < -0.3 is 14.8 Å². The average Bonchev–Trinajstić information content (AvgIpc) is 3.00. The minimum absolute atomic E-state index is 0.678. The molecule has 2 aliphatic heterocycles. The minimum Gasteiger partial charge on any atom is -0.355 e. The summed E-state index contributed by atoms with van der Waals surface area (Å²) in [5, 5.41) is 0. The third kappa shape index (κ3) is 4.39. The van der Waals surface area contributed by atoms with Crippen molar-refractivity contribution in [2.24, 2.45) is 0 Å². The lowest BCUT2D eigenvalue weighted by molar-refractivity contribution is 0.0965. The van der Waals surface area contributed by atoms with Crippen molar-refractivity contribution in [3.63, 3.8) is 0 Å². The van der Waals surface area contributed by atoms with Gasteiger partial charge in [-0.05, 0) is 65.3 Å². The van der Waals surface area contributed by atoms with Gasteiger partial charge in [-0.15, -0.1) is 0 Å². The summed E-state index contributed by atoms with van der Waals surface area (Å²) in [6.45, 7) is 13.6. The molecule has 0 aromatic carbocycles. The molecule has 0 radical (unpaired) electrons. The van der Waals surface area contributed by atoms with Gasteiger partial charge in [0.25, 0.3) is 0 Å². The third-order valence-corrected chi connectivity index (χ3v) is 6.28. The molecule has 2 fully saturated rings. The molecule has 28 heavy (non-hydrogen) atoms. The van der Waals surface area contributed by atoms with Crippen LogP contribution in [0.15, 0.2) is 24.4 Å². The van der Waals surface area contributed by atoms with E-state index in [1.165, 1.54) is 38.9 Å². The maximum absolute atomic E-state index is 4.90. The van der Waals surface area contributed by atoms with Crippen LogP contribution in [0.5, 0.6) is 0 Å². The molecular weight excluding hydrogens is 348 g/mol. The molecular formula is C22H34N6. The summed E-state index contributed by atoms with van der Waals surface area (Å²) in [6, 6.07) is 7.70. The Morgan fingerprint density at radius 2 is 1.82 bits per heavy atom.